The van der Waals surface area contributed by atoms with Crippen LogP contribution in [0.2, 0.25) is 0 Å². The second-order valence-electron chi connectivity index (χ2n) is 7.51. The van der Waals surface area contributed by atoms with Crippen LogP contribution in [0, 0.1) is 5.92 Å². The van der Waals surface area contributed by atoms with Crippen LogP contribution in [0.3, 0.4) is 0 Å². The first-order valence-electron chi connectivity index (χ1n) is 10.1. The molecule has 2 aliphatic heterocycles. The number of benzene rings is 1. The van der Waals surface area contributed by atoms with Gasteiger partial charge in [0.15, 0.2) is 5.96 Å². The number of para-hydroxylation sites is 1. The average molecular weight is 380 g/mol. The molecule has 1 aromatic heterocycles. The van der Waals surface area contributed by atoms with Crippen molar-refractivity contribution < 1.29 is 4.74 Å². The van der Waals surface area contributed by atoms with Crippen molar-refractivity contribution in [1.29, 1.82) is 0 Å². The average Bonchev–Trinajstić information content (AvgIpc) is 3.40. The van der Waals surface area contributed by atoms with Crippen molar-refractivity contribution in [1.82, 2.24) is 15.2 Å². The van der Waals surface area contributed by atoms with Gasteiger partial charge in [0.2, 0.25) is 5.88 Å². The Morgan fingerprint density at radius 2 is 1.96 bits per heavy atom. The Morgan fingerprint density at radius 1 is 1.11 bits per heavy atom. The first kappa shape index (κ1) is 18.6. The molecule has 6 nitrogen and oxygen atoms in total. The third-order valence-electron chi connectivity index (χ3n) is 5.54. The summed E-state index contributed by atoms with van der Waals surface area (Å²) in [5.74, 6) is 2.31. The van der Waals surface area contributed by atoms with E-state index in [-0.39, 0.29) is 6.10 Å². The molecule has 2 aromatic rings. The molecule has 2 atom stereocenters. The highest BCUT2D eigenvalue weighted by molar-refractivity contribution is 5.80. The van der Waals surface area contributed by atoms with Crippen molar-refractivity contribution in [2.24, 2.45) is 10.9 Å². The van der Waals surface area contributed by atoms with Crippen LogP contribution in [0.4, 0.5) is 5.69 Å². The lowest BCUT2D eigenvalue weighted by Crippen LogP contribution is -2.43. The van der Waals surface area contributed by atoms with Crippen molar-refractivity contribution in [2.75, 3.05) is 44.7 Å². The zero-order valence-corrected chi connectivity index (χ0v) is 16.5. The maximum absolute atomic E-state index is 6.00. The number of ether oxygens (including phenoxy) is 1. The first-order chi connectivity index (χ1) is 13.8. The van der Waals surface area contributed by atoms with E-state index in [4.69, 9.17) is 4.74 Å². The number of aromatic nitrogens is 1. The monoisotopic (exact) mass is 379 g/mol. The number of pyridine rings is 1. The third kappa shape index (κ3) is 4.55. The number of hydrogen-bond acceptors (Lipinski definition) is 4. The second-order valence-corrected chi connectivity index (χ2v) is 7.51. The minimum atomic E-state index is 0.161. The lowest BCUT2D eigenvalue weighted by Gasteiger charge is -2.23. The van der Waals surface area contributed by atoms with Crippen LogP contribution >= 0.6 is 0 Å². The molecule has 0 radical (unpaired) electrons. The second kappa shape index (κ2) is 8.95. The lowest BCUT2D eigenvalue weighted by atomic mass is 10.1. The fraction of sp³-hybridized carbons (Fsp3) is 0.455. The molecule has 2 fully saturated rings. The fourth-order valence-electron chi connectivity index (χ4n) is 4.04. The number of aliphatic imine (C=N–C) groups is 1. The molecule has 1 aromatic carbocycles. The smallest absolute Gasteiger partial charge is 0.213 e. The van der Waals surface area contributed by atoms with Crippen molar-refractivity contribution in [3.8, 4) is 5.88 Å². The Morgan fingerprint density at radius 3 is 2.75 bits per heavy atom. The minimum Gasteiger partial charge on any atom is -0.472 e. The number of hydrogen-bond donors (Lipinski definition) is 1. The van der Waals surface area contributed by atoms with Crippen LogP contribution in [-0.2, 0) is 0 Å². The number of rotatable bonds is 5. The summed E-state index contributed by atoms with van der Waals surface area (Å²) in [6.45, 7) is 4.98. The molecule has 2 unspecified atom stereocenters. The highest BCUT2D eigenvalue weighted by Crippen LogP contribution is 2.23. The highest BCUT2D eigenvalue weighted by Gasteiger charge is 2.28. The molecule has 28 heavy (non-hydrogen) atoms. The predicted octanol–water partition coefficient (Wildman–Crippen LogP) is 2.64. The van der Waals surface area contributed by atoms with E-state index in [2.05, 4.69) is 55.4 Å². The predicted molar refractivity (Wildman–Crippen MR) is 113 cm³/mol. The van der Waals surface area contributed by atoms with Gasteiger partial charge in [-0.3, -0.25) is 4.99 Å². The molecule has 6 heteroatoms. The van der Waals surface area contributed by atoms with E-state index in [0.717, 1.165) is 45.1 Å². The maximum Gasteiger partial charge on any atom is 0.213 e. The van der Waals surface area contributed by atoms with Gasteiger partial charge in [-0.25, -0.2) is 4.98 Å². The van der Waals surface area contributed by atoms with E-state index in [1.807, 2.05) is 25.2 Å². The number of anilines is 1. The molecular formula is C22H29N5O. The van der Waals surface area contributed by atoms with Gasteiger partial charge in [0.05, 0.1) is 6.54 Å². The van der Waals surface area contributed by atoms with Crippen LogP contribution in [-0.4, -0.2) is 61.7 Å². The third-order valence-corrected chi connectivity index (χ3v) is 5.54. The Labute approximate surface area is 167 Å². The summed E-state index contributed by atoms with van der Waals surface area (Å²) in [6.07, 6.45) is 4.13. The van der Waals surface area contributed by atoms with Crippen molar-refractivity contribution in [3.05, 3.63) is 54.7 Å². The van der Waals surface area contributed by atoms with Crippen LogP contribution in [0.15, 0.2) is 59.7 Å². The van der Waals surface area contributed by atoms with E-state index in [1.54, 1.807) is 6.20 Å². The lowest BCUT2D eigenvalue weighted by molar-refractivity contribution is 0.205. The van der Waals surface area contributed by atoms with Gasteiger partial charge >= 0.3 is 0 Å². The summed E-state index contributed by atoms with van der Waals surface area (Å²) >= 11 is 0. The largest absolute Gasteiger partial charge is 0.472 e. The van der Waals surface area contributed by atoms with Gasteiger partial charge in [0, 0.05) is 57.6 Å². The van der Waals surface area contributed by atoms with E-state index in [0.29, 0.717) is 11.8 Å². The minimum absolute atomic E-state index is 0.161. The fourth-order valence-corrected chi connectivity index (χ4v) is 4.04. The summed E-state index contributed by atoms with van der Waals surface area (Å²) in [7, 11) is 1.86. The topological polar surface area (TPSA) is 53.0 Å². The zero-order valence-electron chi connectivity index (χ0n) is 16.5. The van der Waals surface area contributed by atoms with E-state index < -0.39 is 0 Å². The van der Waals surface area contributed by atoms with E-state index in [9.17, 15) is 0 Å². The van der Waals surface area contributed by atoms with Crippen LogP contribution in [0.1, 0.15) is 12.8 Å². The molecule has 148 valence electrons. The molecule has 0 aliphatic carbocycles. The van der Waals surface area contributed by atoms with Gasteiger partial charge in [-0.1, -0.05) is 24.3 Å². The summed E-state index contributed by atoms with van der Waals surface area (Å²) in [5, 5.41) is 3.59. The normalized spacial score (nSPS) is 22.5. The SMILES string of the molecule is CN=C(NCC1CCN(c2ccccc2)C1)N1CCC(Oc2ccccn2)C1. The number of nitrogens with one attached hydrogen (secondary N) is 1. The molecule has 0 amide bonds. The molecule has 3 heterocycles. The molecular weight excluding hydrogens is 350 g/mol. The summed E-state index contributed by atoms with van der Waals surface area (Å²) < 4.78 is 6.00. The Kier molecular flexibility index (Phi) is 5.95. The zero-order chi connectivity index (χ0) is 19.2. The van der Waals surface area contributed by atoms with Crippen LogP contribution < -0.4 is 15.0 Å². The van der Waals surface area contributed by atoms with Crippen molar-refractivity contribution in [3.63, 3.8) is 0 Å². The molecule has 2 saturated heterocycles. The molecule has 0 saturated carbocycles. The Bertz CT molecular complexity index is 767. The molecule has 0 spiro atoms. The van der Waals surface area contributed by atoms with Gasteiger partial charge in [-0.15, -0.1) is 0 Å². The van der Waals surface area contributed by atoms with Crippen molar-refractivity contribution in [2.45, 2.75) is 18.9 Å². The molecule has 1 N–H and O–H groups in total. The van der Waals surface area contributed by atoms with Gasteiger partial charge in [-0.05, 0) is 30.5 Å². The first-order valence-corrected chi connectivity index (χ1v) is 10.1. The number of guanidine groups is 1. The molecule has 4 rings (SSSR count). The highest BCUT2D eigenvalue weighted by atomic mass is 16.5. The standard InChI is InChI=1S/C22H29N5O/c1-23-22(27-14-11-20(17-27)28-21-9-5-6-12-24-21)25-15-18-10-13-26(16-18)19-7-3-2-4-8-19/h2-9,12,18,20H,10-11,13-17H2,1H3,(H,23,25). The quantitative estimate of drug-likeness (QED) is 0.639. The van der Waals surface area contributed by atoms with Gasteiger partial charge < -0.3 is 19.9 Å². The van der Waals surface area contributed by atoms with E-state index in [1.165, 1.54) is 12.1 Å². The van der Waals surface area contributed by atoms with Gasteiger partial charge in [-0.2, -0.15) is 0 Å². The molecule has 0 bridgehead atoms. The van der Waals surface area contributed by atoms with E-state index >= 15 is 0 Å². The number of likely N-dealkylation sites (tertiary alicyclic amines) is 1. The Hall–Kier alpha value is -2.76. The molecule has 2 aliphatic rings. The summed E-state index contributed by atoms with van der Waals surface area (Å²) in [6, 6.07) is 16.5. The number of nitrogens with zero attached hydrogens (tertiary/aromatic N) is 4. The van der Waals surface area contributed by atoms with Crippen LogP contribution in [0.25, 0.3) is 0 Å². The maximum atomic E-state index is 6.00. The van der Waals surface area contributed by atoms with Gasteiger partial charge in [0.1, 0.15) is 6.10 Å². The van der Waals surface area contributed by atoms with Crippen molar-refractivity contribution >= 4 is 11.6 Å². The Balaban J connectivity index is 1.24. The van der Waals surface area contributed by atoms with Gasteiger partial charge in [0.25, 0.3) is 0 Å². The summed E-state index contributed by atoms with van der Waals surface area (Å²) in [4.78, 5) is 13.5. The van der Waals surface area contributed by atoms with Crippen LogP contribution in [0.5, 0.6) is 5.88 Å². The summed E-state index contributed by atoms with van der Waals surface area (Å²) in [5.41, 5.74) is 1.32.